The number of β-amino-alcohol motifs (C(OH)–C–C–N with tert-alkyl or cyclic N) is 1. The van der Waals surface area contributed by atoms with Crippen LogP contribution in [0.4, 0.5) is 4.39 Å². The number of nitrogens with zero attached hydrogens (tertiary/aromatic N) is 1. The molecule has 0 spiro atoms. The van der Waals surface area contributed by atoms with Gasteiger partial charge in [-0.25, -0.2) is 4.39 Å². The molecule has 2 atom stereocenters. The summed E-state index contributed by atoms with van der Waals surface area (Å²) in [6.07, 6.45) is 1.13. The SMILES string of the molecule is COc1ccc(F)cc1[C@H]1CCCN1C[C@H](O)CO. The number of benzene rings is 1. The zero-order valence-corrected chi connectivity index (χ0v) is 11.1. The smallest absolute Gasteiger partial charge is 0.123 e. The van der Waals surface area contributed by atoms with Crippen molar-refractivity contribution in [1.29, 1.82) is 0 Å². The largest absolute Gasteiger partial charge is 0.496 e. The molecule has 2 N–H and O–H groups in total. The van der Waals surface area contributed by atoms with Crippen LogP contribution in [0.25, 0.3) is 0 Å². The van der Waals surface area contributed by atoms with E-state index in [4.69, 9.17) is 9.84 Å². The second kappa shape index (κ2) is 6.32. The number of aliphatic hydroxyl groups is 2. The number of ether oxygens (including phenoxy) is 1. The van der Waals surface area contributed by atoms with Gasteiger partial charge in [-0.05, 0) is 37.6 Å². The van der Waals surface area contributed by atoms with Crippen LogP contribution in [-0.2, 0) is 0 Å². The van der Waals surface area contributed by atoms with Gasteiger partial charge in [0.05, 0.1) is 19.8 Å². The molecule has 1 aromatic rings. The standard InChI is InChI=1S/C14H20FNO3/c1-19-14-5-4-10(15)7-12(14)13-3-2-6-16(13)8-11(18)9-17/h4-5,7,11,13,17-18H,2-3,6,8-9H2,1H3/t11-,13+/m0/s1. The van der Waals surface area contributed by atoms with E-state index in [1.54, 1.807) is 13.2 Å². The number of hydrogen-bond donors (Lipinski definition) is 2. The van der Waals surface area contributed by atoms with E-state index in [-0.39, 0.29) is 18.5 Å². The summed E-state index contributed by atoms with van der Waals surface area (Å²) < 4.78 is 18.7. The highest BCUT2D eigenvalue weighted by atomic mass is 19.1. The summed E-state index contributed by atoms with van der Waals surface area (Å²) in [4.78, 5) is 2.07. The van der Waals surface area contributed by atoms with Crippen LogP contribution in [-0.4, -0.2) is 48.0 Å². The summed E-state index contributed by atoms with van der Waals surface area (Å²) in [5, 5.41) is 18.5. The quantitative estimate of drug-likeness (QED) is 0.846. The summed E-state index contributed by atoms with van der Waals surface area (Å²) in [7, 11) is 1.57. The highest BCUT2D eigenvalue weighted by molar-refractivity contribution is 5.37. The Bertz CT molecular complexity index is 427. The van der Waals surface area contributed by atoms with Gasteiger partial charge in [0.1, 0.15) is 11.6 Å². The van der Waals surface area contributed by atoms with Crippen LogP contribution in [0.5, 0.6) is 5.75 Å². The first-order valence-electron chi connectivity index (χ1n) is 6.52. The van der Waals surface area contributed by atoms with Crippen molar-refractivity contribution in [2.75, 3.05) is 26.8 Å². The molecule has 4 nitrogen and oxygen atoms in total. The minimum absolute atomic E-state index is 0.0341. The van der Waals surface area contributed by atoms with Crippen LogP contribution in [0.1, 0.15) is 24.4 Å². The molecule has 1 fully saturated rings. The van der Waals surface area contributed by atoms with E-state index >= 15 is 0 Å². The third-order valence-corrected chi connectivity index (χ3v) is 3.57. The third kappa shape index (κ3) is 3.23. The molecule has 0 saturated carbocycles. The second-order valence-electron chi connectivity index (χ2n) is 4.88. The zero-order valence-electron chi connectivity index (χ0n) is 11.1. The Kier molecular flexibility index (Phi) is 4.74. The van der Waals surface area contributed by atoms with E-state index in [0.29, 0.717) is 12.3 Å². The molecule has 1 saturated heterocycles. The molecule has 0 radical (unpaired) electrons. The van der Waals surface area contributed by atoms with Crippen LogP contribution in [0, 0.1) is 5.82 Å². The minimum atomic E-state index is -0.764. The van der Waals surface area contributed by atoms with Gasteiger partial charge < -0.3 is 14.9 Å². The summed E-state index contributed by atoms with van der Waals surface area (Å²) >= 11 is 0. The maximum atomic E-state index is 13.4. The van der Waals surface area contributed by atoms with Crippen molar-refractivity contribution in [2.24, 2.45) is 0 Å². The fourth-order valence-corrected chi connectivity index (χ4v) is 2.69. The lowest BCUT2D eigenvalue weighted by Crippen LogP contribution is -2.34. The van der Waals surface area contributed by atoms with Gasteiger partial charge in [0, 0.05) is 18.2 Å². The molecule has 0 unspecified atom stereocenters. The monoisotopic (exact) mass is 269 g/mol. The van der Waals surface area contributed by atoms with Crippen LogP contribution >= 0.6 is 0 Å². The van der Waals surface area contributed by atoms with Crippen LogP contribution in [0.2, 0.25) is 0 Å². The molecule has 1 aromatic carbocycles. The number of aliphatic hydroxyl groups excluding tert-OH is 2. The lowest BCUT2D eigenvalue weighted by molar-refractivity contribution is 0.0548. The van der Waals surface area contributed by atoms with E-state index in [1.807, 2.05) is 0 Å². The van der Waals surface area contributed by atoms with Crippen LogP contribution < -0.4 is 4.74 Å². The Labute approximate surface area is 112 Å². The molecular weight excluding hydrogens is 249 g/mol. The predicted octanol–water partition coefficient (Wildman–Crippen LogP) is 1.32. The van der Waals surface area contributed by atoms with Gasteiger partial charge in [-0.3, -0.25) is 4.90 Å². The maximum Gasteiger partial charge on any atom is 0.123 e. The van der Waals surface area contributed by atoms with Gasteiger partial charge in [-0.2, -0.15) is 0 Å². The molecule has 0 bridgehead atoms. The number of rotatable bonds is 5. The van der Waals surface area contributed by atoms with Crippen molar-refractivity contribution in [3.8, 4) is 5.75 Å². The van der Waals surface area contributed by atoms with Gasteiger partial charge in [0.15, 0.2) is 0 Å². The van der Waals surface area contributed by atoms with E-state index in [9.17, 15) is 9.50 Å². The summed E-state index contributed by atoms with van der Waals surface area (Å²) in [5.41, 5.74) is 0.810. The van der Waals surface area contributed by atoms with E-state index < -0.39 is 6.10 Å². The maximum absolute atomic E-state index is 13.4. The minimum Gasteiger partial charge on any atom is -0.496 e. The van der Waals surface area contributed by atoms with Crippen molar-refractivity contribution in [3.05, 3.63) is 29.6 Å². The second-order valence-corrected chi connectivity index (χ2v) is 4.88. The van der Waals surface area contributed by atoms with Gasteiger partial charge >= 0.3 is 0 Å². The molecule has 1 heterocycles. The number of halogens is 1. The number of methoxy groups -OCH3 is 1. The summed E-state index contributed by atoms with van der Waals surface area (Å²) in [6.45, 7) is 0.964. The highest BCUT2D eigenvalue weighted by Gasteiger charge is 2.29. The first-order valence-corrected chi connectivity index (χ1v) is 6.52. The zero-order chi connectivity index (χ0) is 13.8. The molecule has 19 heavy (non-hydrogen) atoms. The van der Waals surface area contributed by atoms with Crippen molar-refractivity contribution in [2.45, 2.75) is 25.0 Å². The Morgan fingerprint density at radius 2 is 2.32 bits per heavy atom. The summed E-state index contributed by atoms with van der Waals surface area (Å²) in [5.74, 6) is 0.377. The molecular formula is C14H20FNO3. The van der Waals surface area contributed by atoms with E-state index in [1.165, 1.54) is 12.1 Å². The average Bonchev–Trinajstić information content (AvgIpc) is 2.86. The van der Waals surface area contributed by atoms with Crippen molar-refractivity contribution < 1.29 is 19.3 Å². The first-order chi connectivity index (χ1) is 9.15. The molecule has 1 aliphatic rings. The highest BCUT2D eigenvalue weighted by Crippen LogP contribution is 2.37. The lowest BCUT2D eigenvalue weighted by atomic mass is 10.0. The van der Waals surface area contributed by atoms with E-state index in [0.717, 1.165) is 24.9 Å². The van der Waals surface area contributed by atoms with Gasteiger partial charge in [0.2, 0.25) is 0 Å². The third-order valence-electron chi connectivity index (χ3n) is 3.57. The topological polar surface area (TPSA) is 52.9 Å². The molecule has 0 amide bonds. The Morgan fingerprint density at radius 1 is 1.53 bits per heavy atom. The number of hydrogen-bond acceptors (Lipinski definition) is 4. The van der Waals surface area contributed by atoms with Crippen LogP contribution in [0.15, 0.2) is 18.2 Å². The van der Waals surface area contributed by atoms with Gasteiger partial charge in [-0.1, -0.05) is 0 Å². The molecule has 5 heteroatoms. The van der Waals surface area contributed by atoms with Crippen molar-refractivity contribution in [1.82, 2.24) is 4.90 Å². The normalized spacial score (nSPS) is 21.6. The number of likely N-dealkylation sites (tertiary alicyclic amines) is 1. The predicted molar refractivity (Wildman–Crippen MR) is 69.6 cm³/mol. The fourth-order valence-electron chi connectivity index (χ4n) is 2.69. The first kappa shape index (κ1) is 14.2. The molecule has 2 rings (SSSR count). The van der Waals surface area contributed by atoms with Crippen molar-refractivity contribution >= 4 is 0 Å². The van der Waals surface area contributed by atoms with Crippen molar-refractivity contribution in [3.63, 3.8) is 0 Å². The fraction of sp³-hybridized carbons (Fsp3) is 0.571. The Balaban J connectivity index is 2.21. The Hall–Kier alpha value is -1.17. The molecule has 106 valence electrons. The Morgan fingerprint density at radius 3 is 3.00 bits per heavy atom. The van der Waals surface area contributed by atoms with Crippen LogP contribution in [0.3, 0.4) is 0 Å². The van der Waals surface area contributed by atoms with Gasteiger partial charge in [-0.15, -0.1) is 0 Å². The molecule has 0 aromatic heterocycles. The molecule has 0 aliphatic carbocycles. The lowest BCUT2D eigenvalue weighted by Gasteiger charge is -2.27. The van der Waals surface area contributed by atoms with E-state index in [2.05, 4.69) is 4.90 Å². The summed E-state index contributed by atoms with van der Waals surface area (Å²) in [6, 6.07) is 4.54. The average molecular weight is 269 g/mol. The van der Waals surface area contributed by atoms with Gasteiger partial charge in [0.25, 0.3) is 0 Å². The molecule has 1 aliphatic heterocycles.